The summed E-state index contributed by atoms with van der Waals surface area (Å²) in [7, 11) is 0. The van der Waals surface area contributed by atoms with Crippen molar-refractivity contribution in [3.05, 3.63) is 46.2 Å². The number of para-hydroxylation sites is 1. The molecule has 3 heteroatoms. The van der Waals surface area contributed by atoms with Crippen molar-refractivity contribution in [1.29, 1.82) is 0 Å². The fourth-order valence-corrected chi connectivity index (χ4v) is 2.61. The van der Waals surface area contributed by atoms with E-state index < -0.39 is 0 Å². The first-order chi connectivity index (χ1) is 8.02. The molecule has 17 heavy (non-hydrogen) atoms. The number of nitrogens with zero attached hydrogens (tertiary/aromatic N) is 2. The average molecular weight is 249 g/mol. The molecule has 0 fully saturated rings. The molecule has 0 N–H and O–H groups in total. The summed E-state index contributed by atoms with van der Waals surface area (Å²) in [6.07, 6.45) is 0. The summed E-state index contributed by atoms with van der Waals surface area (Å²) < 4.78 is 1.83. The lowest BCUT2D eigenvalue weighted by Crippen LogP contribution is -1.99. The van der Waals surface area contributed by atoms with Gasteiger partial charge in [-0.2, -0.15) is 5.10 Å². The number of hydrogen-bond donors (Lipinski definition) is 0. The fourth-order valence-electron chi connectivity index (χ4n) is 2.13. The molecule has 0 unspecified atom stereocenters. The second-order valence-electron chi connectivity index (χ2n) is 4.64. The van der Waals surface area contributed by atoms with Crippen LogP contribution in [-0.4, -0.2) is 9.78 Å². The van der Waals surface area contributed by atoms with Gasteiger partial charge in [-0.25, -0.2) is 4.68 Å². The summed E-state index contributed by atoms with van der Waals surface area (Å²) in [5.41, 5.74) is 4.36. The topological polar surface area (TPSA) is 17.8 Å². The molecule has 2 aromatic rings. The molecule has 0 aliphatic heterocycles. The normalized spacial score (nSPS) is 11.2. The van der Waals surface area contributed by atoms with E-state index in [9.17, 15) is 0 Å². The third kappa shape index (κ3) is 2.09. The second-order valence-corrected chi connectivity index (χ2v) is 5.00. The van der Waals surface area contributed by atoms with E-state index in [1.807, 2.05) is 29.8 Å². The molecule has 0 radical (unpaired) electrons. The molecule has 0 aliphatic rings. The molecule has 90 valence electrons. The Labute approximate surface area is 107 Å². The van der Waals surface area contributed by atoms with Gasteiger partial charge in [0, 0.05) is 5.56 Å². The van der Waals surface area contributed by atoms with Crippen LogP contribution >= 0.6 is 11.6 Å². The summed E-state index contributed by atoms with van der Waals surface area (Å²) >= 11 is 6.43. The van der Waals surface area contributed by atoms with Crippen LogP contribution in [0.4, 0.5) is 0 Å². The molecule has 0 aliphatic carbocycles. The van der Waals surface area contributed by atoms with E-state index in [-0.39, 0.29) is 0 Å². The molecule has 2 rings (SSSR count). The Balaban J connectivity index is 2.62. The highest BCUT2D eigenvalue weighted by Gasteiger charge is 2.17. The van der Waals surface area contributed by atoms with Crippen LogP contribution in [0.1, 0.15) is 36.6 Å². The maximum absolute atomic E-state index is 6.43. The van der Waals surface area contributed by atoms with E-state index in [0.29, 0.717) is 5.92 Å². The molecule has 2 nitrogen and oxygen atoms in total. The first-order valence-electron chi connectivity index (χ1n) is 5.83. The van der Waals surface area contributed by atoms with Gasteiger partial charge in [0.25, 0.3) is 0 Å². The highest BCUT2D eigenvalue weighted by Crippen LogP contribution is 2.30. The third-order valence-corrected chi connectivity index (χ3v) is 3.33. The highest BCUT2D eigenvalue weighted by atomic mass is 35.5. The van der Waals surface area contributed by atoms with E-state index in [2.05, 4.69) is 31.9 Å². The SMILES string of the molecule is Cc1ccccc1-n1nc(C)c(C(C)C)c1Cl. The molecule has 1 aromatic heterocycles. The van der Waals surface area contributed by atoms with Crippen LogP contribution in [0.3, 0.4) is 0 Å². The zero-order chi connectivity index (χ0) is 12.6. The summed E-state index contributed by atoms with van der Waals surface area (Å²) in [4.78, 5) is 0. The van der Waals surface area contributed by atoms with E-state index in [1.54, 1.807) is 0 Å². The summed E-state index contributed by atoms with van der Waals surface area (Å²) in [6.45, 7) is 8.35. The van der Waals surface area contributed by atoms with Crippen LogP contribution in [0.2, 0.25) is 5.15 Å². The maximum Gasteiger partial charge on any atom is 0.136 e. The largest absolute Gasteiger partial charge is 0.221 e. The first-order valence-corrected chi connectivity index (χ1v) is 6.21. The standard InChI is InChI=1S/C14H17ClN2/c1-9(2)13-11(4)16-17(14(13)15)12-8-6-5-7-10(12)3/h5-9H,1-4H3. The minimum atomic E-state index is 0.389. The van der Waals surface area contributed by atoms with Gasteiger partial charge in [-0.05, 0) is 31.4 Å². The zero-order valence-corrected chi connectivity index (χ0v) is 11.4. The lowest BCUT2D eigenvalue weighted by atomic mass is 10.1. The van der Waals surface area contributed by atoms with Crippen LogP contribution < -0.4 is 0 Å². The van der Waals surface area contributed by atoms with Gasteiger partial charge < -0.3 is 0 Å². The van der Waals surface area contributed by atoms with Gasteiger partial charge in [-0.15, -0.1) is 0 Å². The summed E-state index contributed by atoms with van der Waals surface area (Å²) in [5, 5.41) is 5.28. The number of halogens is 1. The van der Waals surface area contributed by atoms with Crippen molar-refractivity contribution in [1.82, 2.24) is 9.78 Å². The number of aryl methyl sites for hydroxylation is 2. The Morgan fingerprint density at radius 1 is 1.18 bits per heavy atom. The Bertz CT molecular complexity index is 541. The van der Waals surface area contributed by atoms with Gasteiger partial charge in [-0.3, -0.25) is 0 Å². The lowest BCUT2D eigenvalue weighted by molar-refractivity contribution is 0.856. The molecule has 0 saturated heterocycles. The maximum atomic E-state index is 6.43. The van der Waals surface area contributed by atoms with Crippen molar-refractivity contribution in [3.8, 4) is 5.69 Å². The van der Waals surface area contributed by atoms with Crippen molar-refractivity contribution in [2.45, 2.75) is 33.6 Å². The Morgan fingerprint density at radius 3 is 2.35 bits per heavy atom. The predicted octanol–water partition coefficient (Wildman–Crippen LogP) is 4.27. The Kier molecular flexibility index (Phi) is 3.25. The molecular weight excluding hydrogens is 232 g/mol. The molecule has 1 aromatic carbocycles. The van der Waals surface area contributed by atoms with E-state index in [4.69, 9.17) is 11.6 Å². The number of aromatic nitrogens is 2. The molecule has 1 heterocycles. The van der Waals surface area contributed by atoms with Crippen molar-refractivity contribution < 1.29 is 0 Å². The highest BCUT2D eigenvalue weighted by molar-refractivity contribution is 6.30. The van der Waals surface area contributed by atoms with Gasteiger partial charge in [-0.1, -0.05) is 43.6 Å². The smallest absolute Gasteiger partial charge is 0.136 e. The quantitative estimate of drug-likeness (QED) is 0.776. The minimum absolute atomic E-state index is 0.389. The van der Waals surface area contributed by atoms with E-state index in [0.717, 1.165) is 22.1 Å². The first kappa shape index (κ1) is 12.2. The summed E-state index contributed by atoms with van der Waals surface area (Å²) in [5.74, 6) is 0.389. The van der Waals surface area contributed by atoms with Crippen molar-refractivity contribution in [3.63, 3.8) is 0 Å². The minimum Gasteiger partial charge on any atom is -0.221 e. The van der Waals surface area contributed by atoms with Gasteiger partial charge in [0.05, 0.1) is 11.4 Å². The van der Waals surface area contributed by atoms with Crippen molar-refractivity contribution in [2.24, 2.45) is 0 Å². The third-order valence-electron chi connectivity index (χ3n) is 2.97. The van der Waals surface area contributed by atoms with Crippen molar-refractivity contribution in [2.75, 3.05) is 0 Å². The number of hydrogen-bond acceptors (Lipinski definition) is 1. The number of benzene rings is 1. The van der Waals surface area contributed by atoms with Crippen LogP contribution in [0, 0.1) is 13.8 Å². The predicted molar refractivity (Wildman–Crippen MR) is 72.1 cm³/mol. The molecule has 0 saturated carbocycles. The summed E-state index contributed by atoms with van der Waals surface area (Å²) in [6, 6.07) is 8.13. The Hall–Kier alpha value is -1.28. The molecular formula is C14H17ClN2. The van der Waals surface area contributed by atoms with Gasteiger partial charge in [0.1, 0.15) is 5.15 Å². The van der Waals surface area contributed by atoms with Crippen LogP contribution in [0.5, 0.6) is 0 Å². The second kappa shape index (κ2) is 4.53. The monoisotopic (exact) mass is 248 g/mol. The van der Waals surface area contributed by atoms with Gasteiger partial charge in [0.15, 0.2) is 0 Å². The van der Waals surface area contributed by atoms with Crippen LogP contribution in [0.25, 0.3) is 5.69 Å². The van der Waals surface area contributed by atoms with E-state index in [1.165, 1.54) is 5.56 Å². The number of rotatable bonds is 2. The van der Waals surface area contributed by atoms with Crippen LogP contribution in [0.15, 0.2) is 24.3 Å². The molecule has 0 spiro atoms. The lowest BCUT2D eigenvalue weighted by Gasteiger charge is -2.08. The molecule has 0 bridgehead atoms. The van der Waals surface area contributed by atoms with Gasteiger partial charge >= 0.3 is 0 Å². The fraction of sp³-hybridized carbons (Fsp3) is 0.357. The van der Waals surface area contributed by atoms with Crippen molar-refractivity contribution >= 4 is 11.6 Å². The van der Waals surface area contributed by atoms with E-state index >= 15 is 0 Å². The Morgan fingerprint density at radius 2 is 1.82 bits per heavy atom. The van der Waals surface area contributed by atoms with Crippen LogP contribution in [-0.2, 0) is 0 Å². The molecule has 0 atom stereocenters. The van der Waals surface area contributed by atoms with Gasteiger partial charge in [0.2, 0.25) is 0 Å². The average Bonchev–Trinajstić information content (AvgIpc) is 2.55. The zero-order valence-electron chi connectivity index (χ0n) is 10.7. The molecule has 0 amide bonds.